The van der Waals surface area contributed by atoms with Gasteiger partial charge in [-0.05, 0) is 62.8 Å². The molecule has 0 saturated heterocycles. The lowest BCUT2D eigenvalue weighted by molar-refractivity contribution is 0.294. The Bertz CT molecular complexity index is 1260. The van der Waals surface area contributed by atoms with Crippen molar-refractivity contribution in [1.29, 1.82) is 0 Å². The largest absolute Gasteiger partial charge is 0.496 e. The molecule has 0 radical (unpaired) electrons. The lowest BCUT2D eigenvalue weighted by Crippen LogP contribution is -2.23. The lowest BCUT2D eigenvalue weighted by Gasteiger charge is -2.15. The van der Waals surface area contributed by atoms with Gasteiger partial charge in [0.05, 0.1) is 28.5 Å². The second-order valence-electron chi connectivity index (χ2n) is 6.56. The molecule has 0 bridgehead atoms. The van der Waals surface area contributed by atoms with Gasteiger partial charge < -0.3 is 9.47 Å². The molecule has 0 fully saturated rings. The molecule has 4 rings (SSSR count). The minimum absolute atomic E-state index is 0.171. The first kappa shape index (κ1) is 19.9. The number of methoxy groups -OCH3 is 1. The van der Waals surface area contributed by atoms with Crippen molar-refractivity contribution in [2.24, 2.45) is 14.1 Å². The smallest absolute Gasteiger partial charge is 0.368 e. The number of benzene rings is 2. The van der Waals surface area contributed by atoms with E-state index in [2.05, 4.69) is 31.5 Å². The molecule has 0 aliphatic carbocycles. The Kier molecular flexibility index (Phi) is 5.40. The van der Waals surface area contributed by atoms with Gasteiger partial charge in [-0.2, -0.15) is 14.5 Å². The van der Waals surface area contributed by atoms with E-state index < -0.39 is 0 Å². The van der Waals surface area contributed by atoms with E-state index in [1.54, 1.807) is 31.0 Å². The van der Waals surface area contributed by atoms with E-state index in [4.69, 9.17) is 9.47 Å². The summed E-state index contributed by atoms with van der Waals surface area (Å²) in [5, 5.41) is 12.1. The third-order valence-corrected chi connectivity index (χ3v) is 5.21. The molecule has 154 valence electrons. The second kappa shape index (κ2) is 8.15. The van der Waals surface area contributed by atoms with Crippen LogP contribution in [0.5, 0.6) is 11.5 Å². The predicted molar refractivity (Wildman–Crippen MR) is 114 cm³/mol. The Morgan fingerprint density at radius 1 is 1.07 bits per heavy atom. The number of hydrogen-bond acceptors (Lipinski definition) is 6. The molecule has 10 heteroatoms. The maximum absolute atomic E-state index is 12.3. The first-order valence-electron chi connectivity index (χ1n) is 9.05. The molecule has 0 unspecified atom stereocenters. The van der Waals surface area contributed by atoms with Gasteiger partial charge in [0.25, 0.3) is 0 Å². The molecule has 0 amide bonds. The van der Waals surface area contributed by atoms with Gasteiger partial charge in [0.1, 0.15) is 18.1 Å². The van der Waals surface area contributed by atoms with Crippen molar-refractivity contribution in [2.45, 2.75) is 6.61 Å². The van der Waals surface area contributed by atoms with Crippen LogP contribution in [0.4, 0.5) is 0 Å². The van der Waals surface area contributed by atoms with Crippen molar-refractivity contribution < 1.29 is 9.47 Å². The fraction of sp³-hybridized carbons (Fsp3) is 0.200. The molecule has 2 aromatic carbocycles. The fourth-order valence-electron chi connectivity index (χ4n) is 3.05. The van der Waals surface area contributed by atoms with Gasteiger partial charge in [-0.3, -0.25) is 4.68 Å². The van der Waals surface area contributed by atoms with E-state index in [0.717, 1.165) is 20.4 Å². The summed E-state index contributed by atoms with van der Waals surface area (Å²) >= 11 is 3.57. The Morgan fingerprint density at radius 3 is 2.53 bits per heavy atom. The highest BCUT2D eigenvalue weighted by Crippen LogP contribution is 2.32. The van der Waals surface area contributed by atoms with Crippen molar-refractivity contribution in [1.82, 2.24) is 29.6 Å². The van der Waals surface area contributed by atoms with Gasteiger partial charge in [-0.1, -0.05) is 6.07 Å². The quantitative estimate of drug-likeness (QED) is 0.430. The highest BCUT2D eigenvalue weighted by Gasteiger charge is 2.16. The average Bonchev–Trinajstić information content (AvgIpc) is 3.32. The standard InChI is InChI=1S/C20H19BrN6O3/c1-25-10-9-16(22-25)13-7-8-19(15(21)11-13)30-12-14-17(5-4-6-18(14)29-3)27-20(28)26(2)23-24-27/h4-11H,12H2,1-3H3. The minimum atomic E-state index is -0.356. The molecule has 4 aromatic rings. The molecule has 0 N–H and O–H groups in total. The van der Waals surface area contributed by atoms with Gasteiger partial charge in [0.15, 0.2) is 0 Å². The molecule has 0 aliphatic heterocycles. The number of aryl methyl sites for hydroxylation is 2. The number of halogens is 1. The number of rotatable bonds is 6. The third-order valence-electron chi connectivity index (χ3n) is 4.59. The molecule has 2 heterocycles. The summed E-state index contributed by atoms with van der Waals surface area (Å²) in [4.78, 5) is 12.3. The summed E-state index contributed by atoms with van der Waals surface area (Å²) < 4.78 is 16.5. The minimum Gasteiger partial charge on any atom is -0.496 e. The van der Waals surface area contributed by atoms with E-state index in [1.165, 1.54) is 4.68 Å². The summed E-state index contributed by atoms with van der Waals surface area (Å²) in [5.74, 6) is 1.24. The van der Waals surface area contributed by atoms with Crippen LogP contribution >= 0.6 is 15.9 Å². The van der Waals surface area contributed by atoms with Crippen LogP contribution in [0.25, 0.3) is 16.9 Å². The fourth-order valence-corrected chi connectivity index (χ4v) is 3.54. The van der Waals surface area contributed by atoms with Crippen molar-refractivity contribution in [2.75, 3.05) is 7.11 Å². The molecule has 0 saturated carbocycles. The summed E-state index contributed by atoms with van der Waals surface area (Å²) in [6.45, 7) is 0.171. The van der Waals surface area contributed by atoms with Crippen LogP contribution in [-0.2, 0) is 20.7 Å². The van der Waals surface area contributed by atoms with Crippen LogP contribution in [0.15, 0.2) is 57.9 Å². The Labute approximate surface area is 180 Å². The van der Waals surface area contributed by atoms with Crippen LogP contribution in [0.2, 0.25) is 0 Å². The SMILES string of the molecule is COc1cccc(-n2nnn(C)c2=O)c1COc1ccc(-c2ccn(C)n2)cc1Br. The number of ether oxygens (including phenoxy) is 2. The zero-order chi connectivity index (χ0) is 21.3. The second-order valence-corrected chi connectivity index (χ2v) is 7.42. The van der Waals surface area contributed by atoms with Gasteiger partial charge >= 0.3 is 5.69 Å². The topological polar surface area (TPSA) is 89.0 Å². The van der Waals surface area contributed by atoms with Crippen LogP contribution in [0, 0.1) is 0 Å². The van der Waals surface area contributed by atoms with E-state index in [1.807, 2.05) is 43.6 Å². The highest BCUT2D eigenvalue weighted by molar-refractivity contribution is 9.10. The van der Waals surface area contributed by atoms with E-state index in [-0.39, 0.29) is 12.3 Å². The average molecular weight is 471 g/mol. The predicted octanol–water partition coefficient (Wildman–Crippen LogP) is 2.72. The maximum atomic E-state index is 12.3. The van der Waals surface area contributed by atoms with Crippen LogP contribution in [0.3, 0.4) is 0 Å². The lowest BCUT2D eigenvalue weighted by atomic mass is 10.1. The first-order chi connectivity index (χ1) is 14.5. The molecule has 9 nitrogen and oxygen atoms in total. The van der Waals surface area contributed by atoms with Gasteiger partial charge in [0.2, 0.25) is 0 Å². The van der Waals surface area contributed by atoms with Crippen molar-refractivity contribution in [3.63, 3.8) is 0 Å². The van der Waals surface area contributed by atoms with Crippen LogP contribution in [-0.4, -0.2) is 36.7 Å². The Morgan fingerprint density at radius 2 is 1.90 bits per heavy atom. The molecule has 2 aromatic heterocycles. The molecule has 0 spiro atoms. The molecular formula is C20H19BrN6O3. The molecular weight excluding hydrogens is 452 g/mol. The highest BCUT2D eigenvalue weighted by atomic mass is 79.9. The van der Waals surface area contributed by atoms with Crippen LogP contribution in [0.1, 0.15) is 5.56 Å². The van der Waals surface area contributed by atoms with Crippen molar-refractivity contribution in [3.8, 4) is 28.4 Å². The molecule has 0 aliphatic rings. The monoisotopic (exact) mass is 470 g/mol. The summed E-state index contributed by atoms with van der Waals surface area (Å²) in [7, 11) is 4.99. The van der Waals surface area contributed by atoms with Crippen molar-refractivity contribution in [3.05, 3.63) is 69.2 Å². The van der Waals surface area contributed by atoms with E-state index in [0.29, 0.717) is 22.7 Å². The van der Waals surface area contributed by atoms with E-state index in [9.17, 15) is 4.79 Å². The van der Waals surface area contributed by atoms with Gasteiger partial charge in [0, 0.05) is 25.9 Å². The number of aromatic nitrogens is 6. The molecule has 0 atom stereocenters. The number of tetrazole rings is 1. The van der Waals surface area contributed by atoms with Gasteiger partial charge in [-0.25, -0.2) is 4.79 Å². The molecule has 30 heavy (non-hydrogen) atoms. The zero-order valence-corrected chi connectivity index (χ0v) is 18.2. The van der Waals surface area contributed by atoms with Gasteiger partial charge in [-0.15, -0.1) is 0 Å². The summed E-state index contributed by atoms with van der Waals surface area (Å²) in [6.07, 6.45) is 1.89. The number of nitrogens with zero attached hydrogens (tertiary/aromatic N) is 6. The zero-order valence-electron chi connectivity index (χ0n) is 16.6. The Hall–Kier alpha value is -3.40. The summed E-state index contributed by atoms with van der Waals surface area (Å²) in [6, 6.07) is 13.1. The Balaban J connectivity index is 1.64. The first-order valence-corrected chi connectivity index (χ1v) is 9.85. The summed E-state index contributed by atoms with van der Waals surface area (Å²) in [5.41, 5.74) is 2.72. The third kappa shape index (κ3) is 3.73. The normalized spacial score (nSPS) is 10.9. The van der Waals surface area contributed by atoms with Crippen LogP contribution < -0.4 is 15.2 Å². The van der Waals surface area contributed by atoms with Crippen molar-refractivity contribution >= 4 is 15.9 Å². The number of hydrogen-bond donors (Lipinski definition) is 0. The van der Waals surface area contributed by atoms with E-state index >= 15 is 0 Å². The maximum Gasteiger partial charge on any atom is 0.368 e.